The molecule has 7 rings (SSSR count). The lowest BCUT2D eigenvalue weighted by molar-refractivity contribution is -0.193. The summed E-state index contributed by atoms with van der Waals surface area (Å²) in [5, 5.41) is 5.30. The summed E-state index contributed by atoms with van der Waals surface area (Å²) < 4.78 is 61.2. The number of pyridine rings is 3. The lowest BCUT2D eigenvalue weighted by Gasteiger charge is -2.33. The maximum absolute atomic E-state index is 15.1. The van der Waals surface area contributed by atoms with Gasteiger partial charge in [-0.15, -0.1) is 0 Å². The first-order valence-corrected chi connectivity index (χ1v) is 17.5. The molecule has 1 saturated carbocycles. The number of alkyl halides is 2. The zero-order chi connectivity index (χ0) is 34.8. The number of fused-ring (bicyclic) bond motifs is 2. The fourth-order valence-corrected chi connectivity index (χ4v) is 6.71. The monoisotopic (exact) mass is 707 g/mol. The molecule has 252 valence electrons. The van der Waals surface area contributed by atoms with Crippen LogP contribution in [0.2, 0.25) is 5.02 Å². The highest BCUT2D eigenvalue weighted by molar-refractivity contribution is 7.90. The first-order chi connectivity index (χ1) is 23.2. The minimum absolute atomic E-state index is 0.0710. The molecule has 1 fully saturated rings. The van der Waals surface area contributed by atoms with E-state index >= 15 is 8.78 Å². The van der Waals surface area contributed by atoms with Gasteiger partial charge in [0.15, 0.2) is 21.2 Å². The average molecular weight is 708 g/mol. The number of ether oxygens (including phenoxy) is 1. The van der Waals surface area contributed by atoms with E-state index in [1.165, 1.54) is 55.0 Å². The maximum Gasteiger partial charge on any atom is 0.482 e. The molecule has 5 heterocycles. The van der Waals surface area contributed by atoms with Gasteiger partial charge in [0, 0.05) is 29.6 Å². The molecule has 1 aliphatic heterocycles. The molecule has 0 saturated heterocycles. The van der Waals surface area contributed by atoms with Gasteiger partial charge < -0.3 is 10.5 Å². The van der Waals surface area contributed by atoms with Crippen LogP contribution in [0.25, 0.3) is 22.2 Å². The van der Waals surface area contributed by atoms with Gasteiger partial charge in [-0.3, -0.25) is 24.5 Å². The minimum Gasteiger partial charge on any atom is -0.423 e. The van der Waals surface area contributed by atoms with E-state index in [9.17, 15) is 18.0 Å². The number of hydrogen-bond donors (Lipinski definition) is 1. The molecule has 2 amide bonds. The van der Waals surface area contributed by atoms with Crippen molar-refractivity contribution in [2.45, 2.75) is 49.8 Å². The second kappa shape index (κ2) is 11.8. The van der Waals surface area contributed by atoms with Crippen molar-refractivity contribution in [3.05, 3.63) is 88.7 Å². The predicted octanol–water partition coefficient (Wildman–Crippen LogP) is 5.12. The van der Waals surface area contributed by atoms with Crippen molar-refractivity contribution in [3.8, 4) is 16.9 Å². The van der Waals surface area contributed by atoms with Crippen LogP contribution in [0.1, 0.15) is 53.2 Å². The van der Waals surface area contributed by atoms with E-state index in [1.54, 1.807) is 17.7 Å². The first kappa shape index (κ1) is 32.5. The molecule has 49 heavy (non-hydrogen) atoms. The van der Waals surface area contributed by atoms with Gasteiger partial charge in [0.25, 0.3) is 5.91 Å². The average Bonchev–Trinajstić information content (AvgIpc) is 3.77. The molecule has 12 nitrogen and oxygen atoms in total. The van der Waals surface area contributed by atoms with Crippen molar-refractivity contribution in [1.82, 2.24) is 24.7 Å². The Labute approximate surface area is 283 Å². The van der Waals surface area contributed by atoms with Crippen LogP contribution in [0.4, 0.5) is 14.5 Å². The summed E-state index contributed by atoms with van der Waals surface area (Å²) in [6.07, 6.45) is 3.48. The van der Waals surface area contributed by atoms with Crippen LogP contribution in [0.5, 0.6) is 5.75 Å². The Morgan fingerprint density at radius 2 is 1.92 bits per heavy atom. The van der Waals surface area contributed by atoms with Gasteiger partial charge >= 0.3 is 12.0 Å². The molecule has 16 heteroatoms. The third kappa shape index (κ3) is 6.08. The number of carbonyl (C=O) groups excluding carboxylic acids is 2. The molecule has 1 aromatic carbocycles. The second-order valence-electron chi connectivity index (χ2n) is 12.2. The minimum atomic E-state index is -4.19. The van der Waals surface area contributed by atoms with Gasteiger partial charge in [-0.2, -0.15) is 13.9 Å². The van der Waals surface area contributed by atoms with Crippen LogP contribution in [-0.2, 0) is 27.6 Å². The number of nitrogens with two attached hydrogens (primary N) is 1. The molecule has 1 atom stereocenters. The Balaban J connectivity index is 1.39. The molecule has 0 radical (unpaired) electrons. The van der Waals surface area contributed by atoms with Crippen LogP contribution in [-0.4, -0.2) is 57.3 Å². The van der Waals surface area contributed by atoms with Crippen LogP contribution in [0.15, 0.2) is 66.0 Å². The molecule has 5 aromatic rings. The largest absolute Gasteiger partial charge is 0.482 e. The summed E-state index contributed by atoms with van der Waals surface area (Å²) >= 11 is 5.92. The highest BCUT2D eigenvalue weighted by Gasteiger charge is 2.50. The Morgan fingerprint density at radius 1 is 1.14 bits per heavy atom. The number of anilines is 1. The number of hydrogen-bond acceptors (Lipinski definition) is 9. The van der Waals surface area contributed by atoms with Gasteiger partial charge in [0.2, 0.25) is 0 Å². The third-order valence-electron chi connectivity index (χ3n) is 8.60. The van der Waals surface area contributed by atoms with E-state index in [-0.39, 0.29) is 34.4 Å². The maximum atomic E-state index is 15.1. The highest BCUT2D eigenvalue weighted by Crippen LogP contribution is 2.45. The Morgan fingerprint density at radius 3 is 2.59 bits per heavy atom. The summed E-state index contributed by atoms with van der Waals surface area (Å²) in [5.74, 6) is -2.35. The number of rotatable bonds is 9. The number of benzene rings is 1. The SMILES string of the molecule is C[C@@H](c1cc(S(C)(=O)=O)ccn1)n1ncc2c(-c3ccc4c(c3)OC(F)(F)C(=O)N4Cc3ccc(Cl)cn3)c(C(N)=O)c(CC3CC3)nc21. The van der Waals surface area contributed by atoms with E-state index in [2.05, 4.69) is 15.1 Å². The van der Waals surface area contributed by atoms with Crippen molar-refractivity contribution in [1.29, 1.82) is 0 Å². The first-order valence-electron chi connectivity index (χ1n) is 15.2. The number of carbonyl (C=O) groups is 2. The number of amides is 2. The zero-order valence-corrected chi connectivity index (χ0v) is 27.7. The summed E-state index contributed by atoms with van der Waals surface area (Å²) in [7, 11) is -3.52. The van der Waals surface area contributed by atoms with E-state index in [0.29, 0.717) is 50.7 Å². The molecular weight excluding hydrogens is 680 g/mol. The summed E-state index contributed by atoms with van der Waals surface area (Å²) in [5.41, 5.74) is 8.27. The Bertz CT molecular complexity index is 2280. The smallest absolute Gasteiger partial charge is 0.423 e. The normalized spacial score (nSPS) is 16.3. The Hall–Kier alpha value is -5.02. The topological polar surface area (TPSA) is 163 Å². The summed E-state index contributed by atoms with van der Waals surface area (Å²) in [4.78, 5) is 40.3. The lowest BCUT2D eigenvalue weighted by atomic mass is 9.93. The third-order valence-corrected chi connectivity index (χ3v) is 9.93. The molecular formula is C33H28ClF2N7O5S. The molecule has 4 aromatic heterocycles. The van der Waals surface area contributed by atoms with Crippen LogP contribution in [0, 0.1) is 5.92 Å². The van der Waals surface area contributed by atoms with Crippen molar-refractivity contribution in [3.63, 3.8) is 0 Å². The zero-order valence-electron chi connectivity index (χ0n) is 26.1. The van der Waals surface area contributed by atoms with Gasteiger partial charge in [-0.05, 0) is 74.1 Å². The van der Waals surface area contributed by atoms with Crippen molar-refractivity contribution >= 4 is 50.0 Å². The van der Waals surface area contributed by atoms with Crippen molar-refractivity contribution in [2.75, 3.05) is 11.2 Å². The number of halogens is 3. The van der Waals surface area contributed by atoms with Crippen LogP contribution in [0.3, 0.4) is 0 Å². The summed E-state index contributed by atoms with van der Waals surface area (Å²) in [6, 6.07) is 9.70. The quantitative estimate of drug-likeness (QED) is 0.219. The fraction of sp³-hybridized carbons (Fsp3) is 0.273. The van der Waals surface area contributed by atoms with E-state index < -0.39 is 33.8 Å². The van der Waals surface area contributed by atoms with Crippen molar-refractivity contribution in [2.24, 2.45) is 11.7 Å². The predicted molar refractivity (Wildman–Crippen MR) is 175 cm³/mol. The number of nitrogens with zero attached hydrogens (tertiary/aromatic N) is 6. The highest BCUT2D eigenvalue weighted by atomic mass is 35.5. The van der Waals surface area contributed by atoms with Crippen molar-refractivity contribution < 1.29 is 31.5 Å². The van der Waals surface area contributed by atoms with Gasteiger partial charge in [-0.25, -0.2) is 18.1 Å². The Kier molecular flexibility index (Phi) is 7.86. The van der Waals surface area contributed by atoms with Gasteiger partial charge in [0.05, 0.1) is 57.0 Å². The van der Waals surface area contributed by atoms with Crippen LogP contribution < -0.4 is 15.4 Å². The van der Waals surface area contributed by atoms with Gasteiger partial charge in [0.1, 0.15) is 0 Å². The van der Waals surface area contributed by atoms with E-state index in [1.807, 2.05) is 0 Å². The molecule has 0 bridgehead atoms. The molecule has 2 N–H and O–H groups in total. The van der Waals surface area contributed by atoms with Gasteiger partial charge in [-0.1, -0.05) is 17.7 Å². The molecule has 0 spiro atoms. The second-order valence-corrected chi connectivity index (χ2v) is 14.6. The number of aromatic nitrogens is 5. The number of sulfone groups is 1. The van der Waals surface area contributed by atoms with E-state index in [0.717, 1.165) is 24.0 Å². The summed E-state index contributed by atoms with van der Waals surface area (Å²) in [6.45, 7) is 1.50. The standard InChI is InChI=1S/C33H28ClF2N7O5S/c1-17(24-13-22(9-10-38-24)49(2,46)47)43-31-23(15-40-43)28(29(30(37)44)25(41-31)11-18-3-4-18)19-5-8-26-27(12-19)48-33(35,36)32(45)42(26)16-21-7-6-20(34)14-39-21/h5-10,12-15,17-18H,3-4,11,16H2,1-2H3,(H2,37,44)/t17-/m0/s1. The molecule has 0 unspecified atom stereocenters. The molecule has 2 aliphatic rings. The van der Waals surface area contributed by atoms with E-state index in [4.69, 9.17) is 27.1 Å². The fourth-order valence-electron chi connectivity index (χ4n) is 5.95. The number of primary amides is 1. The molecule has 1 aliphatic carbocycles. The van der Waals surface area contributed by atoms with Crippen LogP contribution >= 0.6 is 11.6 Å². The lowest BCUT2D eigenvalue weighted by Crippen LogP contribution is -2.50.